The summed E-state index contributed by atoms with van der Waals surface area (Å²) >= 11 is 17.2. The van der Waals surface area contributed by atoms with Gasteiger partial charge in [0, 0.05) is 24.7 Å². The van der Waals surface area contributed by atoms with Gasteiger partial charge >= 0.3 is 0 Å². The van der Waals surface area contributed by atoms with E-state index in [0.717, 1.165) is 0 Å². The number of ether oxygens (including phenoxy) is 1. The van der Waals surface area contributed by atoms with Crippen molar-refractivity contribution in [2.75, 3.05) is 36.5 Å². The molecule has 0 unspecified atom stereocenters. The highest BCUT2D eigenvalue weighted by Gasteiger charge is 2.23. The van der Waals surface area contributed by atoms with Crippen molar-refractivity contribution in [2.45, 2.75) is 0 Å². The van der Waals surface area contributed by atoms with E-state index in [-0.39, 0.29) is 21.4 Å². The number of hydrogen-bond donors (Lipinski definition) is 2. The smallest absolute Gasteiger partial charge is 0.293 e. The Balaban J connectivity index is 1.74. The molecule has 0 atom stereocenters. The Kier molecular flexibility index (Phi) is 6.86. The van der Waals surface area contributed by atoms with Gasteiger partial charge in [-0.15, -0.1) is 0 Å². The average Bonchev–Trinajstić information content (AvgIpc) is 2.71. The average molecular weight is 455 g/mol. The minimum absolute atomic E-state index is 0.0147. The number of nitrogens with one attached hydrogen (secondary N) is 2. The largest absolute Gasteiger partial charge is 0.378 e. The van der Waals surface area contributed by atoms with Gasteiger partial charge in [-0.25, -0.2) is 0 Å². The van der Waals surface area contributed by atoms with Crippen LogP contribution in [0.2, 0.25) is 10.0 Å². The van der Waals surface area contributed by atoms with E-state index in [9.17, 15) is 14.9 Å². The number of thiocarbonyl (C=S) groups is 1. The van der Waals surface area contributed by atoms with Crippen LogP contribution in [-0.2, 0) is 4.74 Å². The number of anilines is 2. The van der Waals surface area contributed by atoms with Crippen LogP contribution in [0.1, 0.15) is 10.4 Å². The van der Waals surface area contributed by atoms with Crippen LogP contribution in [0.5, 0.6) is 0 Å². The van der Waals surface area contributed by atoms with Crippen molar-refractivity contribution < 1.29 is 14.5 Å². The van der Waals surface area contributed by atoms with Gasteiger partial charge in [0.15, 0.2) is 5.11 Å². The first kappa shape index (κ1) is 21.3. The lowest BCUT2D eigenvalue weighted by atomic mass is 10.1. The normalized spacial score (nSPS) is 13.7. The molecule has 1 fully saturated rings. The Bertz CT molecular complexity index is 967. The molecular weight excluding hydrogens is 439 g/mol. The van der Waals surface area contributed by atoms with Crippen molar-refractivity contribution in [3.63, 3.8) is 0 Å². The molecule has 1 saturated heterocycles. The lowest BCUT2D eigenvalue weighted by molar-refractivity contribution is -0.384. The van der Waals surface area contributed by atoms with E-state index in [2.05, 4.69) is 10.6 Å². The van der Waals surface area contributed by atoms with Gasteiger partial charge in [0.25, 0.3) is 11.6 Å². The van der Waals surface area contributed by atoms with Crippen LogP contribution in [0, 0.1) is 10.1 Å². The molecule has 0 aliphatic carbocycles. The molecule has 0 bridgehead atoms. The number of carbonyl (C=O) groups is 1. The summed E-state index contributed by atoms with van der Waals surface area (Å²) in [6, 6.07) is 9.25. The molecule has 0 radical (unpaired) electrons. The minimum Gasteiger partial charge on any atom is -0.378 e. The predicted molar refractivity (Wildman–Crippen MR) is 116 cm³/mol. The molecule has 0 aromatic heterocycles. The van der Waals surface area contributed by atoms with E-state index in [1.54, 1.807) is 24.3 Å². The number of rotatable bonds is 4. The number of nitrogens with zero attached hydrogens (tertiary/aromatic N) is 2. The zero-order valence-electron chi connectivity index (χ0n) is 15.0. The topological polar surface area (TPSA) is 96.7 Å². The molecule has 1 amide bonds. The fraction of sp³-hybridized carbons (Fsp3) is 0.222. The Labute approximate surface area is 181 Å². The number of benzene rings is 2. The van der Waals surface area contributed by atoms with Crippen molar-refractivity contribution in [2.24, 2.45) is 0 Å². The van der Waals surface area contributed by atoms with Gasteiger partial charge in [0.1, 0.15) is 5.69 Å². The molecular formula is C18H16Cl2N4O4S. The maximum Gasteiger partial charge on any atom is 0.293 e. The molecule has 1 aliphatic rings. The van der Waals surface area contributed by atoms with Gasteiger partial charge in [0.05, 0.1) is 33.9 Å². The standard InChI is InChI=1S/C18H16Cl2N4O4S/c19-12-2-1-3-13(16(12)20)21-18(29)22-17(25)11-4-5-14(15(10-11)24(26)27)23-6-8-28-9-7-23/h1-5,10H,6-9H2,(H2,21,22,25,29). The van der Waals surface area contributed by atoms with Crippen LogP contribution in [0.4, 0.5) is 17.1 Å². The molecule has 2 N–H and O–H groups in total. The highest BCUT2D eigenvalue weighted by molar-refractivity contribution is 7.80. The molecule has 29 heavy (non-hydrogen) atoms. The number of nitro benzene ring substituents is 1. The van der Waals surface area contributed by atoms with E-state index >= 15 is 0 Å². The fourth-order valence-electron chi connectivity index (χ4n) is 2.81. The van der Waals surface area contributed by atoms with Gasteiger partial charge < -0.3 is 15.0 Å². The first-order valence-corrected chi connectivity index (χ1v) is 9.70. The van der Waals surface area contributed by atoms with Gasteiger partial charge in [-0.05, 0) is 36.5 Å². The number of carbonyl (C=O) groups excluding carboxylic acids is 1. The second-order valence-corrected chi connectivity index (χ2v) is 7.26. The van der Waals surface area contributed by atoms with E-state index in [1.807, 2.05) is 4.90 Å². The lowest BCUT2D eigenvalue weighted by Crippen LogP contribution is -2.37. The van der Waals surface area contributed by atoms with Crippen LogP contribution in [0.15, 0.2) is 36.4 Å². The summed E-state index contributed by atoms with van der Waals surface area (Å²) < 4.78 is 5.28. The third-order valence-electron chi connectivity index (χ3n) is 4.21. The van der Waals surface area contributed by atoms with E-state index < -0.39 is 10.8 Å². The number of halogens is 2. The Morgan fingerprint density at radius 2 is 1.93 bits per heavy atom. The van der Waals surface area contributed by atoms with Crippen LogP contribution in [0.25, 0.3) is 0 Å². The van der Waals surface area contributed by atoms with E-state index in [1.165, 1.54) is 12.1 Å². The molecule has 152 valence electrons. The minimum atomic E-state index is -0.586. The first-order chi connectivity index (χ1) is 13.9. The van der Waals surface area contributed by atoms with Crippen molar-refractivity contribution >= 4 is 63.5 Å². The number of morpholine rings is 1. The number of amides is 1. The molecule has 0 spiro atoms. The Morgan fingerprint density at radius 3 is 2.62 bits per heavy atom. The second-order valence-electron chi connectivity index (χ2n) is 6.07. The Hall–Kier alpha value is -2.46. The van der Waals surface area contributed by atoms with Gasteiger partial charge in [-0.2, -0.15) is 0 Å². The molecule has 1 aliphatic heterocycles. The summed E-state index contributed by atoms with van der Waals surface area (Å²) in [6.07, 6.45) is 0. The Morgan fingerprint density at radius 1 is 1.21 bits per heavy atom. The summed E-state index contributed by atoms with van der Waals surface area (Å²) in [5.41, 5.74) is 0.825. The van der Waals surface area contributed by atoms with Crippen molar-refractivity contribution in [3.05, 3.63) is 62.1 Å². The van der Waals surface area contributed by atoms with E-state index in [0.29, 0.717) is 42.7 Å². The zero-order valence-corrected chi connectivity index (χ0v) is 17.3. The lowest BCUT2D eigenvalue weighted by Gasteiger charge is -2.28. The monoisotopic (exact) mass is 454 g/mol. The highest BCUT2D eigenvalue weighted by Crippen LogP contribution is 2.31. The fourth-order valence-corrected chi connectivity index (χ4v) is 3.36. The van der Waals surface area contributed by atoms with Crippen LogP contribution in [0.3, 0.4) is 0 Å². The van der Waals surface area contributed by atoms with Crippen molar-refractivity contribution in [1.29, 1.82) is 0 Å². The van der Waals surface area contributed by atoms with Crippen LogP contribution in [-0.4, -0.2) is 42.2 Å². The van der Waals surface area contributed by atoms with E-state index in [4.69, 9.17) is 40.2 Å². The molecule has 1 heterocycles. The third-order valence-corrected chi connectivity index (χ3v) is 5.24. The van der Waals surface area contributed by atoms with Crippen molar-refractivity contribution in [1.82, 2.24) is 5.32 Å². The summed E-state index contributed by atoms with van der Waals surface area (Å²) in [5, 5.41) is 17.4. The maximum atomic E-state index is 12.5. The zero-order chi connectivity index (χ0) is 21.0. The molecule has 0 saturated carbocycles. The summed E-state index contributed by atoms with van der Waals surface area (Å²) in [5.74, 6) is -0.586. The number of nitro groups is 1. The predicted octanol–water partition coefficient (Wildman–Crippen LogP) is 3.87. The summed E-state index contributed by atoms with van der Waals surface area (Å²) in [7, 11) is 0. The maximum absolute atomic E-state index is 12.5. The van der Waals surface area contributed by atoms with Gasteiger partial charge in [-0.3, -0.25) is 20.2 Å². The quantitative estimate of drug-likeness (QED) is 0.411. The number of hydrogen-bond acceptors (Lipinski definition) is 6. The first-order valence-electron chi connectivity index (χ1n) is 8.54. The van der Waals surface area contributed by atoms with Crippen LogP contribution < -0.4 is 15.5 Å². The highest BCUT2D eigenvalue weighted by atomic mass is 35.5. The molecule has 3 rings (SSSR count). The van der Waals surface area contributed by atoms with Gasteiger partial charge in [-0.1, -0.05) is 29.3 Å². The second kappa shape index (κ2) is 9.36. The van der Waals surface area contributed by atoms with Crippen molar-refractivity contribution in [3.8, 4) is 0 Å². The van der Waals surface area contributed by atoms with Gasteiger partial charge in [0.2, 0.25) is 0 Å². The molecule has 2 aromatic carbocycles. The molecule has 11 heteroatoms. The summed E-state index contributed by atoms with van der Waals surface area (Å²) in [4.78, 5) is 25.4. The van der Waals surface area contributed by atoms with Crippen LogP contribution >= 0.6 is 35.4 Å². The SMILES string of the molecule is O=C(NC(=S)Nc1cccc(Cl)c1Cl)c1ccc(N2CCOCC2)c([N+](=O)[O-])c1. The molecule has 2 aromatic rings. The third kappa shape index (κ3) is 5.13. The molecule has 8 nitrogen and oxygen atoms in total. The summed E-state index contributed by atoms with van der Waals surface area (Å²) in [6.45, 7) is 2.07.